The molecule has 1 heterocycles. The summed E-state index contributed by atoms with van der Waals surface area (Å²) in [5.41, 5.74) is 1.38. The Kier molecular flexibility index (Phi) is 4.88. The van der Waals surface area contributed by atoms with Crippen molar-refractivity contribution in [1.29, 1.82) is 0 Å². The highest BCUT2D eigenvalue weighted by Crippen LogP contribution is 2.28. The predicted octanol–water partition coefficient (Wildman–Crippen LogP) is 3.80. The smallest absolute Gasteiger partial charge is 0.137 e. The fraction of sp³-hybridized carbons (Fsp3) is 0.625. The molecule has 1 saturated heterocycles. The summed E-state index contributed by atoms with van der Waals surface area (Å²) in [6.45, 7) is 12.0. The molecule has 2 atom stereocenters. The van der Waals surface area contributed by atoms with Gasteiger partial charge >= 0.3 is 0 Å². The Morgan fingerprint density at radius 2 is 2.10 bits per heavy atom. The molecule has 4 heteroatoms. The number of rotatable bonds is 2. The van der Waals surface area contributed by atoms with Crippen molar-refractivity contribution in [3.05, 3.63) is 34.1 Å². The normalized spacial score (nSPS) is 24.9. The molecule has 1 aromatic rings. The number of halogens is 2. The van der Waals surface area contributed by atoms with Gasteiger partial charge in [0.05, 0.1) is 4.47 Å². The molecular formula is C16H24BrFN2. The minimum atomic E-state index is -0.199. The number of nitrogens with one attached hydrogen (secondary N) is 1. The van der Waals surface area contributed by atoms with E-state index in [1.54, 1.807) is 0 Å². The average molecular weight is 343 g/mol. The zero-order chi connectivity index (χ0) is 14.9. The van der Waals surface area contributed by atoms with E-state index in [9.17, 15) is 4.39 Å². The van der Waals surface area contributed by atoms with Crippen molar-refractivity contribution in [1.82, 2.24) is 10.2 Å². The third-order valence-electron chi connectivity index (χ3n) is 3.98. The Morgan fingerprint density at radius 1 is 1.40 bits per heavy atom. The average Bonchev–Trinajstić information content (AvgIpc) is 2.32. The maximum atomic E-state index is 13.3. The molecule has 1 fully saturated rings. The minimum absolute atomic E-state index is 0.199. The molecule has 1 N–H and O–H groups in total. The highest BCUT2D eigenvalue weighted by molar-refractivity contribution is 9.10. The van der Waals surface area contributed by atoms with Crippen LogP contribution in [0.15, 0.2) is 22.7 Å². The summed E-state index contributed by atoms with van der Waals surface area (Å²) in [6.07, 6.45) is 0. The Morgan fingerprint density at radius 3 is 2.70 bits per heavy atom. The van der Waals surface area contributed by atoms with E-state index >= 15 is 0 Å². The van der Waals surface area contributed by atoms with Gasteiger partial charge in [-0.15, -0.1) is 0 Å². The molecule has 0 radical (unpaired) electrons. The van der Waals surface area contributed by atoms with Gasteiger partial charge in [0.25, 0.3) is 0 Å². The second-order valence-electron chi connectivity index (χ2n) is 6.87. The topological polar surface area (TPSA) is 15.3 Å². The summed E-state index contributed by atoms with van der Waals surface area (Å²) in [7, 11) is 0. The van der Waals surface area contributed by atoms with Crippen LogP contribution in [0.4, 0.5) is 4.39 Å². The van der Waals surface area contributed by atoms with Crippen LogP contribution in [0.25, 0.3) is 0 Å². The molecule has 2 nitrogen and oxygen atoms in total. The lowest BCUT2D eigenvalue weighted by atomic mass is 9.83. The van der Waals surface area contributed by atoms with Crippen LogP contribution in [0.5, 0.6) is 0 Å². The first-order chi connectivity index (χ1) is 9.27. The zero-order valence-electron chi connectivity index (χ0n) is 12.7. The molecule has 20 heavy (non-hydrogen) atoms. The van der Waals surface area contributed by atoms with E-state index in [4.69, 9.17) is 0 Å². The lowest BCUT2D eigenvalue weighted by Gasteiger charge is -2.46. The Hall–Kier alpha value is -0.450. The number of nitrogens with zero attached hydrogens (tertiary/aromatic N) is 1. The van der Waals surface area contributed by atoms with E-state index in [1.165, 1.54) is 6.07 Å². The molecule has 0 aromatic heterocycles. The maximum absolute atomic E-state index is 13.3. The van der Waals surface area contributed by atoms with Crippen LogP contribution in [-0.2, 0) is 6.54 Å². The summed E-state index contributed by atoms with van der Waals surface area (Å²) in [5, 5.41) is 3.56. The molecule has 0 saturated carbocycles. The van der Waals surface area contributed by atoms with Crippen molar-refractivity contribution < 1.29 is 4.39 Å². The maximum Gasteiger partial charge on any atom is 0.137 e. The van der Waals surface area contributed by atoms with Gasteiger partial charge in [0.2, 0.25) is 0 Å². The van der Waals surface area contributed by atoms with Gasteiger partial charge in [0, 0.05) is 31.7 Å². The standard InChI is InChI=1S/C16H24BrFN2/c1-11-9-20(15(8-19-11)16(2,3)4)10-12-5-6-14(18)13(17)7-12/h5-7,11,15,19H,8-10H2,1-4H3. The highest BCUT2D eigenvalue weighted by Gasteiger charge is 2.34. The summed E-state index contributed by atoms with van der Waals surface area (Å²) in [4.78, 5) is 2.51. The molecule has 2 rings (SSSR count). The van der Waals surface area contributed by atoms with Crippen molar-refractivity contribution in [3.8, 4) is 0 Å². The number of benzene rings is 1. The largest absolute Gasteiger partial charge is 0.311 e. The molecule has 1 aromatic carbocycles. The van der Waals surface area contributed by atoms with E-state index in [0.717, 1.165) is 25.2 Å². The lowest BCUT2D eigenvalue weighted by Crippen LogP contribution is -2.59. The fourth-order valence-corrected chi connectivity index (χ4v) is 3.31. The van der Waals surface area contributed by atoms with Crippen LogP contribution in [0.1, 0.15) is 33.3 Å². The highest BCUT2D eigenvalue weighted by atomic mass is 79.9. The van der Waals surface area contributed by atoms with Gasteiger partial charge < -0.3 is 5.32 Å². The third-order valence-corrected chi connectivity index (χ3v) is 4.59. The van der Waals surface area contributed by atoms with E-state index in [2.05, 4.69) is 53.8 Å². The van der Waals surface area contributed by atoms with E-state index < -0.39 is 0 Å². The van der Waals surface area contributed by atoms with Gasteiger partial charge in [-0.2, -0.15) is 0 Å². The second-order valence-corrected chi connectivity index (χ2v) is 7.72. The SMILES string of the molecule is CC1CN(Cc2ccc(F)c(Br)c2)C(C(C)(C)C)CN1. The fourth-order valence-electron chi connectivity index (χ4n) is 2.89. The van der Waals surface area contributed by atoms with Gasteiger partial charge in [0.15, 0.2) is 0 Å². The quantitative estimate of drug-likeness (QED) is 0.879. The first-order valence-electron chi connectivity index (χ1n) is 7.18. The summed E-state index contributed by atoms with van der Waals surface area (Å²) >= 11 is 3.27. The molecule has 2 unspecified atom stereocenters. The van der Waals surface area contributed by atoms with E-state index in [1.807, 2.05) is 12.1 Å². The van der Waals surface area contributed by atoms with Crippen molar-refractivity contribution in [3.63, 3.8) is 0 Å². The van der Waals surface area contributed by atoms with Gasteiger partial charge in [0.1, 0.15) is 5.82 Å². The van der Waals surface area contributed by atoms with Crippen LogP contribution >= 0.6 is 15.9 Å². The monoisotopic (exact) mass is 342 g/mol. The van der Waals surface area contributed by atoms with Crippen LogP contribution < -0.4 is 5.32 Å². The van der Waals surface area contributed by atoms with E-state index in [-0.39, 0.29) is 11.2 Å². The summed E-state index contributed by atoms with van der Waals surface area (Å²) in [6, 6.07) is 6.30. The first-order valence-corrected chi connectivity index (χ1v) is 7.98. The molecule has 0 spiro atoms. The molecule has 0 aliphatic carbocycles. The van der Waals surface area contributed by atoms with Crippen molar-refractivity contribution in [2.75, 3.05) is 13.1 Å². The lowest BCUT2D eigenvalue weighted by molar-refractivity contribution is 0.0526. The molecule has 0 amide bonds. The van der Waals surface area contributed by atoms with Gasteiger partial charge in [-0.1, -0.05) is 26.8 Å². The predicted molar refractivity (Wildman–Crippen MR) is 85.2 cm³/mol. The van der Waals surface area contributed by atoms with Gasteiger partial charge in [-0.3, -0.25) is 4.90 Å². The van der Waals surface area contributed by atoms with E-state index in [0.29, 0.717) is 16.6 Å². The van der Waals surface area contributed by atoms with Crippen LogP contribution in [0.3, 0.4) is 0 Å². The Balaban J connectivity index is 2.16. The third kappa shape index (κ3) is 3.80. The molecule has 112 valence electrons. The van der Waals surface area contributed by atoms with Crippen LogP contribution in [-0.4, -0.2) is 30.1 Å². The summed E-state index contributed by atoms with van der Waals surface area (Å²) < 4.78 is 13.9. The van der Waals surface area contributed by atoms with Crippen LogP contribution in [0.2, 0.25) is 0 Å². The van der Waals surface area contributed by atoms with Gasteiger partial charge in [-0.25, -0.2) is 4.39 Å². The minimum Gasteiger partial charge on any atom is -0.311 e. The second kappa shape index (κ2) is 6.12. The summed E-state index contributed by atoms with van der Waals surface area (Å²) in [5.74, 6) is -0.199. The molecule has 1 aliphatic heterocycles. The number of hydrogen-bond acceptors (Lipinski definition) is 2. The molecule has 1 aliphatic rings. The first kappa shape index (κ1) is 15.9. The van der Waals surface area contributed by atoms with Crippen LogP contribution in [0, 0.1) is 11.2 Å². The Bertz CT molecular complexity index is 470. The van der Waals surface area contributed by atoms with Gasteiger partial charge in [-0.05, 0) is 46.0 Å². The number of hydrogen-bond donors (Lipinski definition) is 1. The Labute approximate surface area is 129 Å². The van der Waals surface area contributed by atoms with Crippen molar-refractivity contribution >= 4 is 15.9 Å². The number of piperazine rings is 1. The molecule has 0 bridgehead atoms. The van der Waals surface area contributed by atoms with Crippen molar-refractivity contribution in [2.24, 2.45) is 5.41 Å². The van der Waals surface area contributed by atoms with Crippen molar-refractivity contribution in [2.45, 2.75) is 46.3 Å². The molecular weight excluding hydrogens is 319 g/mol. The zero-order valence-corrected chi connectivity index (χ0v) is 14.3.